The second-order valence-electron chi connectivity index (χ2n) is 2.78. The second-order valence-corrected chi connectivity index (χ2v) is 2.78. The Hall–Kier alpha value is -2.50. The zero-order valence-electron chi connectivity index (χ0n) is 8.18. The van der Waals surface area contributed by atoms with Gasteiger partial charge in [0.15, 0.2) is 0 Å². The number of hydrogen-bond donors (Lipinski definition) is 4. The van der Waals surface area contributed by atoms with Crippen LogP contribution in [0.5, 0.6) is 0 Å². The van der Waals surface area contributed by atoms with Crippen molar-refractivity contribution in [2.24, 2.45) is 0 Å². The largest absolute Gasteiger partial charge is 0.477 e. The van der Waals surface area contributed by atoms with Gasteiger partial charge in [-0.15, -0.1) is 0 Å². The van der Waals surface area contributed by atoms with Crippen LogP contribution in [0, 0.1) is 0 Å². The summed E-state index contributed by atoms with van der Waals surface area (Å²) in [5.74, 6) is -1.84. The summed E-state index contributed by atoms with van der Waals surface area (Å²) in [6.45, 7) is 0. The average molecular weight is 222 g/mol. The molecule has 2 heterocycles. The van der Waals surface area contributed by atoms with E-state index in [1.54, 1.807) is 24.5 Å². The minimum absolute atomic E-state index is 0.227. The quantitative estimate of drug-likeness (QED) is 0.616. The number of H-pyrrole nitrogens is 2. The molecule has 0 fully saturated rings. The number of nitrogens with one attached hydrogen (secondary N) is 2. The lowest BCUT2D eigenvalue weighted by molar-refractivity contribution is 0.0680. The maximum Gasteiger partial charge on any atom is 0.352 e. The van der Waals surface area contributed by atoms with E-state index in [4.69, 9.17) is 10.2 Å². The van der Waals surface area contributed by atoms with Crippen LogP contribution in [0.2, 0.25) is 0 Å². The lowest BCUT2D eigenvalue weighted by Crippen LogP contribution is -1.94. The molecule has 0 radical (unpaired) electrons. The Morgan fingerprint density at radius 3 is 1.38 bits per heavy atom. The van der Waals surface area contributed by atoms with Crippen LogP contribution in [-0.4, -0.2) is 32.1 Å². The van der Waals surface area contributed by atoms with Crippen molar-refractivity contribution in [3.63, 3.8) is 0 Å². The van der Waals surface area contributed by atoms with E-state index in [2.05, 4.69) is 9.97 Å². The zero-order valence-corrected chi connectivity index (χ0v) is 8.18. The van der Waals surface area contributed by atoms with Crippen molar-refractivity contribution in [3.05, 3.63) is 48.0 Å². The fourth-order valence-electron chi connectivity index (χ4n) is 0.927. The molecule has 0 aliphatic rings. The van der Waals surface area contributed by atoms with Gasteiger partial charge < -0.3 is 20.2 Å². The third kappa shape index (κ3) is 3.33. The summed E-state index contributed by atoms with van der Waals surface area (Å²) >= 11 is 0. The maximum atomic E-state index is 10.0. The molecule has 2 aromatic heterocycles. The molecule has 0 aliphatic carbocycles. The number of carbonyl (C=O) groups is 2. The summed E-state index contributed by atoms with van der Waals surface area (Å²) in [5.41, 5.74) is 0.454. The van der Waals surface area contributed by atoms with Crippen molar-refractivity contribution in [1.29, 1.82) is 0 Å². The SMILES string of the molecule is O=C(O)c1ccc[nH]1.O=C(O)c1ccc[nH]1. The number of aromatic nitrogens is 2. The van der Waals surface area contributed by atoms with Gasteiger partial charge in [0.25, 0.3) is 0 Å². The predicted octanol–water partition coefficient (Wildman–Crippen LogP) is 1.43. The van der Waals surface area contributed by atoms with Crippen LogP contribution < -0.4 is 0 Å². The molecule has 0 spiro atoms. The Morgan fingerprint density at radius 1 is 0.875 bits per heavy atom. The van der Waals surface area contributed by atoms with Gasteiger partial charge in [0, 0.05) is 12.4 Å². The molecule has 0 amide bonds. The molecule has 0 bridgehead atoms. The molecule has 6 nitrogen and oxygen atoms in total. The molecule has 4 N–H and O–H groups in total. The lowest BCUT2D eigenvalue weighted by atomic mass is 10.4. The number of hydrogen-bond acceptors (Lipinski definition) is 2. The minimum Gasteiger partial charge on any atom is -0.477 e. The Balaban J connectivity index is 0.000000160. The van der Waals surface area contributed by atoms with Gasteiger partial charge in [-0.05, 0) is 24.3 Å². The standard InChI is InChI=1S/2C5H5NO2/c2*7-5(8)4-2-1-3-6-4/h2*1-3,6H,(H,7,8). The smallest absolute Gasteiger partial charge is 0.352 e. The van der Waals surface area contributed by atoms with E-state index in [1.165, 1.54) is 12.1 Å². The zero-order chi connectivity index (χ0) is 12.0. The molecule has 84 valence electrons. The maximum absolute atomic E-state index is 10.0. The van der Waals surface area contributed by atoms with Gasteiger partial charge in [-0.2, -0.15) is 0 Å². The first-order valence-electron chi connectivity index (χ1n) is 4.34. The number of carboxylic acid groups (broad SMARTS) is 2. The van der Waals surface area contributed by atoms with Crippen molar-refractivity contribution >= 4 is 11.9 Å². The summed E-state index contributed by atoms with van der Waals surface area (Å²) < 4.78 is 0. The first kappa shape index (κ1) is 11.6. The van der Waals surface area contributed by atoms with Gasteiger partial charge in [-0.1, -0.05) is 0 Å². The van der Waals surface area contributed by atoms with Crippen LogP contribution in [0.15, 0.2) is 36.7 Å². The van der Waals surface area contributed by atoms with Gasteiger partial charge >= 0.3 is 11.9 Å². The Labute approximate surface area is 90.6 Å². The molecular formula is C10H10N2O4. The molecule has 2 rings (SSSR count). The van der Waals surface area contributed by atoms with Crippen molar-refractivity contribution in [1.82, 2.24) is 9.97 Å². The molecular weight excluding hydrogens is 212 g/mol. The van der Waals surface area contributed by atoms with Crippen LogP contribution in [-0.2, 0) is 0 Å². The molecule has 0 unspecified atom stereocenters. The van der Waals surface area contributed by atoms with Crippen LogP contribution in [0.25, 0.3) is 0 Å². The van der Waals surface area contributed by atoms with E-state index < -0.39 is 11.9 Å². The summed E-state index contributed by atoms with van der Waals surface area (Å²) in [6, 6.07) is 6.29. The Kier molecular flexibility index (Phi) is 3.90. The van der Waals surface area contributed by atoms with Gasteiger partial charge in [0.2, 0.25) is 0 Å². The molecule has 0 aromatic carbocycles. The monoisotopic (exact) mass is 222 g/mol. The fourth-order valence-corrected chi connectivity index (χ4v) is 0.927. The molecule has 16 heavy (non-hydrogen) atoms. The average Bonchev–Trinajstić information content (AvgIpc) is 2.93. The van der Waals surface area contributed by atoms with E-state index >= 15 is 0 Å². The third-order valence-electron chi connectivity index (χ3n) is 1.66. The van der Waals surface area contributed by atoms with Crippen molar-refractivity contribution in [2.75, 3.05) is 0 Å². The first-order chi connectivity index (χ1) is 7.61. The van der Waals surface area contributed by atoms with Crippen LogP contribution >= 0.6 is 0 Å². The summed E-state index contributed by atoms with van der Waals surface area (Å²) in [7, 11) is 0. The van der Waals surface area contributed by atoms with E-state index in [0.29, 0.717) is 0 Å². The number of aromatic amines is 2. The Bertz CT molecular complexity index is 401. The molecule has 2 aromatic rings. The van der Waals surface area contributed by atoms with Gasteiger partial charge in [-0.3, -0.25) is 0 Å². The minimum atomic E-state index is -0.921. The van der Waals surface area contributed by atoms with Crippen molar-refractivity contribution in [3.8, 4) is 0 Å². The van der Waals surface area contributed by atoms with Crippen molar-refractivity contribution < 1.29 is 19.8 Å². The molecule has 6 heteroatoms. The molecule has 0 saturated heterocycles. The van der Waals surface area contributed by atoms with Crippen LogP contribution in [0.3, 0.4) is 0 Å². The van der Waals surface area contributed by atoms with Gasteiger partial charge in [-0.25, -0.2) is 9.59 Å². The molecule has 0 aliphatic heterocycles. The number of rotatable bonds is 2. The Morgan fingerprint density at radius 2 is 1.25 bits per heavy atom. The first-order valence-corrected chi connectivity index (χ1v) is 4.34. The number of carboxylic acids is 2. The highest BCUT2D eigenvalue weighted by Crippen LogP contribution is 1.92. The summed E-state index contributed by atoms with van der Waals surface area (Å²) in [5, 5.41) is 16.5. The third-order valence-corrected chi connectivity index (χ3v) is 1.66. The normalized spacial score (nSPS) is 9.00. The lowest BCUT2D eigenvalue weighted by Gasteiger charge is -1.80. The highest BCUT2D eigenvalue weighted by Gasteiger charge is 1.98. The van der Waals surface area contributed by atoms with E-state index in [9.17, 15) is 9.59 Å². The highest BCUT2D eigenvalue weighted by atomic mass is 16.4. The highest BCUT2D eigenvalue weighted by molar-refractivity contribution is 5.85. The summed E-state index contributed by atoms with van der Waals surface area (Å²) in [4.78, 5) is 25.1. The van der Waals surface area contributed by atoms with E-state index in [-0.39, 0.29) is 11.4 Å². The second kappa shape index (κ2) is 5.40. The van der Waals surface area contributed by atoms with Gasteiger partial charge in [0.05, 0.1) is 0 Å². The molecule has 0 saturated carbocycles. The predicted molar refractivity (Wildman–Crippen MR) is 55.5 cm³/mol. The van der Waals surface area contributed by atoms with Crippen LogP contribution in [0.4, 0.5) is 0 Å². The summed E-state index contributed by atoms with van der Waals surface area (Å²) in [6.07, 6.45) is 3.15. The fraction of sp³-hybridized carbons (Fsp3) is 0. The van der Waals surface area contributed by atoms with E-state index in [0.717, 1.165) is 0 Å². The van der Waals surface area contributed by atoms with E-state index in [1.807, 2.05) is 0 Å². The van der Waals surface area contributed by atoms with Gasteiger partial charge in [0.1, 0.15) is 11.4 Å². The van der Waals surface area contributed by atoms with Crippen molar-refractivity contribution in [2.45, 2.75) is 0 Å². The molecule has 0 atom stereocenters. The topological polar surface area (TPSA) is 106 Å². The van der Waals surface area contributed by atoms with Crippen LogP contribution in [0.1, 0.15) is 21.0 Å². The number of aromatic carboxylic acids is 2.